The van der Waals surface area contributed by atoms with Crippen molar-refractivity contribution in [1.82, 2.24) is 10.6 Å². The second-order valence-corrected chi connectivity index (χ2v) is 11.1. The van der Waals surface area contributed by atoms with E-state index < -0.39 is 6.04 Å². The molecule has 5 nitrogen and oxygen atoms in total. The van der Waals surface area contributed by atoms with Crippen LogP contribution in [0.25, 0.3) is 0 Å². The molecule has 0 aromatic heterocycles. The number of nitrogens with one attached hydrogen (secondary N) is 2. The lowest BCUT2D eigenvalue weighted by Gasteiger charge is -2.31. The third-order valence-electron chi connectivity index (χ3n) is 7.60. The number of rotatable bonds is 18. The maximum absolute atomic E-state index is 13.0. The highest BCUT2D eigenvalue weighted by Crippen LogP contribution is 2.22. The molecule has 2 rings (SSSR count). The Hall–Kier alpha value is -1.88. The molecule has 2 N–H and O–H groups in total. The zero-order valence-corrected chi connectivity index (χ0v) is 22.8. The smallest absolute Gasteiger partial charge is 0.279 e. The lowest BCUT2D eigenvalue weighted by Crippen LogP contribution is -2.57. The van der Waals surface area contributed by atoms with Crippen molar-refractivity contribution in [3.05, 3.63) is 35.9 Å². The summed E-state index contributed by atoms with van der Waals surface area (Å²) in [6.45, 7) is 3.96. The number of likely N-dealkylation sites (N-methyl/N-ethyl adjacent to an activating group) is 1. The van der Waals surface area contributed by atoms with Gasteiger partial charge in [0.25, 0.3) is 5.91 Å². The van der Waals surface area contributed by atoms with Gasteiger partial charge < -0.3 is 15.1 Å². The highest BCUT2D eigenvalue weighted by molar-refractivity contribution is 5.89. The van der Waals surface area contributed by atoms with Crippen LogP contribution in [0.4, 0.5) is 0 Å². The number of hydrogen-bond acceptors (Lipinski definition) is 2. The number of likely N-dealkylation sites (tertiary alicyclic amines) is 1. The van der Waals surface area contributed by atoms with Crippen molar-refractivity contribution in [2.45, 2.75) is 115 Å². The minimum absolute atomic E-state index is 0.00828. The molecular formula is C30H52N3O2+. The molecule has 0 spiro atoms. The highest BCUT2D eigenvalue weighted by atomic mass is 16.2. The van der Waals surface area contributed by atoms with Gasteiger partial charge in [0.2, 0.25) is 5.91 Å². The van der Waals surface area contributed by atoms with Crippen molar-refractivity contribution in [1.29, 1.82) is 0 Å². The van der Waals surface area contributed by atoms with E-state index in [9.17, 15) is 9.59 Å². The lowest BCUT2D eigenvalue weighted by atomic mass is 10.0. The predicted molar refractivity (Wildman–Crippen MR) is 146 cm³/mol. The molecule has 198 valence electrons. The average Bonchev–Trinajstić information content (AvgIpc) is 3.21. The number of benzene rings is 1. The average molecular weight is 487 g/mol. The molecule has 35 heavy (non-hydrogen) atoms. The summed E-state index contributed by atoms with van der Waals surface area (Å²) in [6, 6.07) is 9.38. The molecule has 0 saturated carbocycles. The molecule has 1 saturated heterocycles. The Morgan fingerprint density at radius 3 is 2.00 bits per heavy atom. The molecule has 0 bridgehead atoms. The second kappa shape index (κ2) is 16.7. The lowest BCUT2D eigenvalue weighted by molar-refractivity contribution is -0.893. The van der Waals surface area contributed by atoms with Gasteiger partial charge in [-0.1, -0.05) is 108 Å². The third-order valence-corrected chi connectivity index (χ3v) is 7.60. The monoisotopic (exact) mass is 486 g/mol. The Balaban J connectivity index is 1.67. The molecule has 2 amide bonds. The topological polar surface area (TPSA) is 58.2 Å². The molecule has 1 aromatic rings. The first-order valence-electron chi connectivity index (χ1n) is 14.4. The van der Waals surface area contributed by atoms with E-state index >= 15 is 0 Å². The summed E-state index contributed by atoms with van der Waals surface area (Å²) in [7, 11) is 4.22. The fraction of sp³-hybridized carbons (Fsp3) is 0.733. The number of carbonyl (C=O) groups excluding carboxylic acids is 2. The minimum atomic E-state index is -0.525. The Morgan fingerprint density at radius 2 is 1.46 bits per heavy atom. The molecule has 1 fully saturated rings. The first-order valence-corrected chi connectivity index (χ1v) is 14.4. The Bertz CT molecular complexity index is 720. The zero-order valence-electron chi connectivity index (χ0n) is 22.8. The number of nitrogens with zero attached hydrogens (tertiary/aromatic N) is 1. The van der Waals surface area contributed by atoms with Crippen LogP contribution in [-0.2, 0) is 16.0 Å². The molecule has 1 aliphatic heterocycles. The molecule has 1 aliphatic rings. The molecule has 0 aliphatic carbocycles. The van der Waals surface area contributed by atoms with E-state index in [4.69, 9.17) is 0 Å². The van der Waals surface area contributed by atoms with Crippen LogP contribution in [0.2, 0.25) is 0 Å². The zero-order chi connectivity index (χ0) is 25.4. The first kappa shape index (κ1) is 29.4. The predicted octanol–water partition coefficient (Wildman–Crippen LogP) is 5.77. The molecule has 1 aromatic carbocycles. The summed E-state index contributed by atoms with van der Waals surface area (Å²) in [6.07, 6.45) is 18.1. The standard InChI is InChI=1S/C30H51N3O2/c1-4-5-6-7-8-9-10-11-12-13-14-18-23-31-29(34)27(25-26-20-16-15-17-21-26)32-30(35)28-22-19-24-33(28,2)3/h15-17,20-21,27-28H,4-14,18-19,22-25H2,1-3H3,(H-,31,32,34,35)/p+1/t27-,28-/m0/s1. The van der Waals surface area contributed by atoms with E-state index in [2.05, 4.69) is 31.7 Å². The van der Waals surface area contributed by atoms with Crippen molar-refractivity contribution < 1.29 is 14.1 Å². The fourth-order valence-electron chi connectivity index (χ4n) is 5.27. The van der Waals surface area contributed by atoms with Crippen LogP contribution in [0.5, 0.6) is 0 Å². The number of carbonyl (C=O) groups is 2. The van der Waals surface area contributed by atoms with Crippen molar-refractivity contribution in [2.24, 2.45) is 0 Å². The molecular weight excluding hydrogens is 434 g/mol. The number of quaternary nitrogens is 1. The van der Waals surface area contributed by atoms with E-state index in [1.54, 1.807) is 0 Å². The van der Waals surface area contributed by atoms with Gasteiger partial charge in [-0.2, -0.15) is 0 Å². The third kappa shape index (κ3) is 11.6. The summed E-state index contributed by atoms with van der Waals surface area (Å²) >= 11 is 0. The highest BCUT2D eigenvalue weighted by Gasteiger charge is 2.40. The van der Waals surface area contributed by atoms with Gasteiger partial charge in [0.1, 0.15) is 6.04 Å². The van der Waals surface area contributed by atoms with Gasteiger partial charge in [0, 0.05) is 25.8 Å². The van der Waals surface area contributed by atoms with E-state index in [1.807, 2.05) is 30.3 Å². The van der Waals surface area contributed by atoms with Gasteiger partial charge in [-0.15, -0.1) is 0 Å². The number of amides is 2. The first-order chi connectivity index (χ1) is 16.9. The van der Waals surface area contributed by atoms with Crippen LogP contribution in [0.3, 0.4) is 0 Å². The Labute approximate surface area is 215 Å². The summed E-state index contributed by atoms with van der Waals surface area (Å²) in [5, 5.41) is 6.19. The van der Waals surface area contributed by atoms with Gasteiger partial charge in [0.05, 0.1) is 20.6 Å². The van der Waals surface area contributed by atoms with Gasteiger partial charge in [-0.3, -0.25) is 9.59 Å². The van der Waals surface area contributed by atoms with Crippen molar-refractivity contribution in [3.63, 3.8) is 0 Å². The van der Waals surface area contributed by atoms with Gasteiger partial charge >= 0.3 is 0 Å². The van der Waals surface area contributed by atoms with Gasteiger partial charge in [0.15, 0.2) is 6.04 Å². The van der Waals surface area contributed by atoms with E-state index in [0.29, 0.717) is 17.4 Å². The van der Waals surface area contributed by atoms with Crippen LogP contribution in [0, 0.1) is 0 Å². The maximum Gasteiger partial charge on any atom is 0.279 e. The number of unbranched alkanes of at least 4 members (excludes halogenated alkanes) is 11. The van der Waals surface area contributed by atoms with Crippen LogP contribution in [0.1, 0.15) is 102 Å². The minimum Gasteiger partial charge on any atom is -0.354 e. The van der Waals surface area contributed by atoms with Gasteiger partial charge in [-0.25, -0.2) is 0 Å². The molecule has 5 heteroatoms. The summed E-state index contributed by atoms with van der Waals surface area (Å²) in [5.41, 5.74) is 1.07. The van der Waals surface area contributed by atoms with Crippen molar-refractivity contribution in [2.75, 3.05) is 27.2 Å². The van der Waals surface area contributed by atoms with Crippen molar-refractivity contribution >= 4 is 11.8 Å². The summed E-state index contributed by atoms with van der Waals surface area (Å²) < 4.78 is 0.699. The molecule has 0 unspecified atom stereocenters. The Kier molecular flexibility index (Phi) is 14.0. The SMILES string of the molecule is CCCCCCCCCCCCCCNC(=O)[C@H](Cc1ccccc1)NC(=O)[C@@H]1CCC[N+]1(C)C. The molecule has 1 heterocycles. The number of hydrogen-bond donors (Lipinski definition) is 2. The normalized spacial score (nSPS) is 17.7. The van der Waals surface area contributed by atoms with E-state index in [1.165, 1.54) is 64.2 Å². The van der Waals surface area contributed by atoms with Crippen LogP contribution >= 0.6 is 0 Å². The van der Waals surface area contributed by atoms with Crippen LogP contribution in [-0.4, -0.2) is 55.6 Å². The fourth-order valence-corrected chi connectivity index (χ4v) is 5.27. The maximum atomic E-state index is 13.0. The van der Waals surface area contributed by atoms with Crippen LogP contribution < -0.4 is 10.6 Å². The second-order valence-electron chi connectivity index (χ2n) is 11.1. The molecule has 2 atom stereocenters. The summed E-state index contributed by atoms with van der Waals surface area (Å²) in [5.74, 6) is -0.0532. The van der Waals surface area contributed by atoms with E-state index in [-0.39, 0.29) is 17.9 Å². The Morgan fingerprint density at radius 1 is 0.886 bits per heavy atom. The molecule has 0 radical (unpaired) electrons. The largest absolute Gasteiger partial charge is 0.354 e. The van der Waals surface area contributed by atoms with Crippen LogP contribution in [0.15, 0.2) is 30.3 Å². The van der Waals surface area contributed by atoms with Gasteiger partial charge in [-0.05, 0) is 12.0 Å². The quantitative estimate of drug-likeness (QED) is 0.204. The summed E-state index contributed by atoms with van der Waals surface area (Å²) in [4.78, 5) is 26.1. The van der Waals surface area contributed by atoms with Crippen molar-refractivity contribution in [3.8, 4) is 0 Å². The van der Waals surface area contributed by atoms with E-state index in [0.717, 1.165) is 37.8 Å².